The highest BCUT2D eigenvalue weighted by molar-refractivity contribution is 7.92. The number of nitrogens with zero attached hydrogens (tertiary/aromatic N) is 1. The zero-order chi connectivity index (χ0) is 19.1. The Bertz CT molecular complexity index is 851. The number of hydrogen-bond acceptors (Lipinski definition) is 4. The van der Waals surface area contributed by atoms with E-state index in [1.807, 2.05) is 0 Å². The maximum atomic E-state index is 12.7. The third-order valence-electron chi connectivity index (χ3n) is 5.50. The van der Waals surface area contributed by atoms with E-state index in [2.05, 4.69) is 5.32 Å². The molecule has 2 N–H and O–H groups in total. The highest BCUT2D eigenvalue weighted by Crippen LogP contribution is 2.35. The van der Waals surface area contributed by atoms with Gasteiger partial charge in [0.05, 0.1) is 23.4 Å². The Balaban J connectivity index is 1.82. The molecule has 1 aliphatic heterocycles. The number of carbonyl (C=O) groups is 2. The molecule has 1 aliphatic carbocycles. The van der Waals surface area contributed by atoms with Crippen molar-refractivity contribution in [3.05, 3.63) is 29.3 Å². The van der Waals surface area contributed by atoms with Crippen molar-refractivity contribution in [2.45, 2.75) is 44.6 Å². The summed E-state index contributed by atoms with van der Waals surface area (Å²) in [6.07, 6.45) is 4.63. The maximum absolute atomic E-state index is 12.7. The molecule has 1 heterocycles. The average Bonchev–Trinajstić information content (AvgIpc) is 2.97. The van der Waals surface area contributed by atoms with Crippen molar-refractivity contribution in [2.75, 3.05) is 17.1 Å². The number of carboxylic acid groups (broad SMARTS) is 1. The van der Waals surface area contributed by atoms with E-state index in [0.717, 1.165) is 18.4 Å². The molecule has 1 saturated carbocycles. The lowest BCUT2D eigenvalue weighted by Gasteiger charge is -2.39. The molecule has 2 atom stereocenters. The van der Waals surface area contributed by atoms with Crippen molar-refractivity contribution in [2.24, 2.45) is 5.92 Å². The third kappa shape index (κ3) is 3.42. The van der Waals surface area contributed by atoms with Crippen LogP contribution in [0.1, 0.15) is 48.5 Å². The third-order valence-corrected chi connectivity index (χ3v) is 6.68. The zero-order valence-corrected chi connectivity index (χ0v) is 15.8. The molecule has 142 valence electrons. The molecule has 2 unspecified atom stereocenters. The molecule has 1 amide bonds. The number of anilines is 1. The van der Waals surface area contributed by atoms with Crippen LogP contribution in [-0.2, 0) is 21.2 Å². The maximum Gasteiger partial charge on any atom is 0.308 e. The number of amides is 1. The Kier molecular flexibility index (Phi) is 4.72. The van der Waals surface area contributed by atoms with E-state index < -0.39 is 27.4 Å². The highest BCUT2D eigenvalue weighted by atomic mass is 32.2. The van der Waals surface area contributed by atoms with Crippen LogP contribution in [0.2, 0.25) is 0 Å². The summed E-state index contributed by atoms with van der Waals surface area (Å²) in [5.41, 5.74) is 1.07. The van der Waals surface area contributed by atoms with Gasteiger partial charge in [0.1, 0.15) is 0 Å². The standard InChI is InChI=1S/C18H24N2O5S/c1-18(9-4-3-5-14(18)17(22)23)19-16(21)13-6-7-15-12(11-13)8-10-20(15)26(2,24)25/h6-7,11,14H,3-5,8-10H2,1-2H3,(H,19,21)(H,22,23). The van der Waals surface area contributed by atoms with Crippen molar-refractivity contribution in [3.8, 4) is 0 Å². The van der Waals surface area contributed by atoms with Crippen molar-refractivity contribution in [1.82, 2.24) is 5.32 Å². The molecule has 8 heteroatoms. The van der Waals surface area contributed by atoms with E-state index in [-0.39, 0.29) is 5.91 Å². The molecule has 1 aromatic carbocycles. The predicted octanol–water partition coefficient (Wildman–Crippen LogP) is 1.77. The van der Waals surface area contributed by atoms with Crippen LogP contribution in [0.3, 0.4) is 0 Å². The Hall–Kier alpha value is -2.09. The van der Waals surface area contributed by atoms with Gasteiger partial charge in [-0.1, -0.05) is 12.8 Å². The minimum absolute atomic E-state index is 0.318. The summed E-state index contributed by atoms with van der Waals surface area (Å²) in [4.78, 5) is 24.3. The molecular weight excluding hydrogens is 356 g/mol. The van der Waals surface area contributed by atoms with Crippen LogP contribution in [0.5, 0.6) is 0 Å². The van der Waals surface area contributed by atoms with Gasteiger partial charge in [0.25, 0.3) is 5.91 Å². The summed E-state index contributed by atoms with van der Waals surface area (Å²) >= 11 is 0. The first-order valence-corrected chi connectivity index (χ1v) is 10.6. The Labute approximate surface area is 153 Å². The van der Waals surface area contributed by atoms with Crippen LogP contribution in [0.4, 0.5) is 5.69 Å². The topological polar surface area (TPSA) is 104 Å². The molecular formula is C18H24N2O5S. The molecule has 3 rings (SSSR count). The fraction of sp³-hybridized carbons (Fsp3) is 0.556. The monoisotopic (exact) mass is 380 g/mol. The number of hydrogen-bond donors (Lipinski definition) is 2. The Morgan fingerprint density at radius 1 is 1.31 bits per heavy atom. The van der Waals surface area contributed by atoms with E-state index in [1.165, 1.54) is 10.6 Å². The summed E-state index contributed by atoms with van der Waals surface area (Å²) in [5.74, 6) is -1.80. The minimum atomic E-state index is -3.33. The first kappa shape index (κ1) is 18.7. The van der Waals surface area contributed by atoms with E-state index >= 15 is 0 Å². The minimum Gasteiger partial charge on any atom is -0.481 e. The highest BCUT2D eigenvalue weighted by Gasteiger charge is 2.42. The summed E-state index contributed by atoms with van der Waals surface area (Å²) in [7, 11) is -3.33. The average molecular weight is 380 g/mol. The quantitative estimate of drug-likeness (QED) is 0.828. The van der Waals surface area contributed by atoms with Gasteiger partial charge in [-0.3, -0.25) is 13.9 Å². The molecule has 1 aromatic rings. The van der Waals surface area contributed by atoms with Gasteiger partial charge in [-0.05, 0) is 49.9 Å². The van der Waals surface area contributed by atoms with E-state index in [4.69, 9.17) is 0 Å². The number of aliphatic carboxylic acids is 1. The lowest BCUT2D eigenvalue weighted by Crippen LogP contribution is -2.55. The largest absolute Gasteiger partial charge is 0.481 e. The van der Waals surface area contributed by atoms with Crippen LogP contribution in [0.15, 0.2) is 18.2 Å². The Morgan fingerprint density at radius 3 is 2.69 bits per heavy atom. The number of rotatable bonds is 4. The van der Waals surface area contributed by atoms with Crippen LogP contribution < -0.4 is 9.62 Å². The molecule has 26 heavy (non-hydrogen) atoms. The first-order chi connectivity index (χ1) is 12.1. The molecule has 0 bridgehead atoms. The smallest absolute Gasteiger partial charge is 0.308 e. The van der Waals surface area contributed by atoms with Gasteiger partial charge in [-0.15, -0.1) is 0 Å². The summed E-state index contributed by atoms with van der Waals surface area (Å²) in [6.45, 7) is 2.17. The molecule has 0 saturated heterocycles. The number of carboxylic acids is 1. The van der Waals surface area contributed by atoms with Crippen molar-refractivity contribution < 1.29 is 23.1 Å². The second kappa shape index (κ2) is 6.57. The molecule has 0 spiro atoms. The predicted molar refractivity (Wildman–Crippen MR) is 97.8 cm³/mol. The zero-order valence-electron chi connectivity index (χ0n) is 15.0. The van der Waals surface area contributed by atoms with Crippen molar-refractivity contribution >= 4 is 27.6 Å². The van der Waals surface area contributed by atoms with Crippen LogP contribution in [0.25, 0.3) is 0 Å². The summed E-state index contributed by atoms with van der Waals surface area (Å²) in [6, 6.07) is 4.95. The molecule has 2 aliphatic rings. The summed E-state index contributed by atoms with van der Waals surface area (Å²) < 4.78 is 25.0. The molecule has 7 nitrogen and oxygen atoms in total. The summed E-state index contributed by atoms with van der Waals surface area (Å²) in [5, 5.41) is 12.4. The van der Waals surface area contributed by atoms with Crippen molar-refractivity contribution in [3.63, 3.8) is 0 Å². The number of fused-ring (bicyclic) bond motifs is 1. The molecule has 0 aromatic heterocycles. The van der Waals surface area contributed by atoms with E-state index in [1.54, 1.807) is 25.1 Å². The van der Waals surface area contributed by atoms with Gasteiger partial charge < -0.3 is 10.4 Å². The SMILES string of the molecule is CC1(NC(=O)c2ccc3c(c2)CCN3S(C)(=O)=O)CCCCC1C(=O)O. The lowest BCUT2D eigenvalue weighted by molar-refractivity contribution is -0.145. The molecule has 1 fully saturated rings. The molecule has 0 radical (unpaired) electrons. The van der Waals surface area contributed by atoms with Gasteiger partial charge in [0, 0.05) is 12.1 Å². The van der Waals surface area contributed by atoms with Gasteiger partial charge in [0.15, 0.2) is 0 Å². The van der Waals surface area contributed by atoms with E-state index in [0.29, 0.717) is 37.1 Å². The van der Waals surface area contributed by atoms with E-state index in [9.17, 15) is 23.1 Å². The lowest BCUT2D eigenvalue weighted by atomic mass is 9.73. The number of benzene rings is 1. The van der Waals surface area contributed by atoms with Crippen LogP contribution >= 0.6 is 0 Å². The van der Waals surface area contributed by atoms with Crippen LogP contribution in [0, 0.1) is 5.92 Å². The normalized spacial score (nSPS) is 25.6. The van der Waals surface area contributed by atoms with Crippen LogP contribution in [-0.4, -0.2) is 43.7 Å². The van der Waals surface area contributed by atoms with Crippen molar-refractivity contribution in [1.29, 1.82) is 0 Å². The fourth-order valence-corrected chi connectivity index (χ4v) is 5.03. The number of nitrogens with one attached hydrogen (secondary N) is 1. The van der Waals surface area contributed by atoms with Gasteiger partial charge in [0.2, 0.25) is 10.0 Å². The first-order valence-electron chi connectivity index (χ1n) is 8.78. The Morgan fingerprint density at radius 2 is 2.04 bits per heavy atom. The number of sulfonamides is 1. The van der Waals surface area contributed by atoms with Gasteiger partial charge >= 0.3 is 5.97 Å². The second-order valence-corrected chi connectivity index (χ2v) is 9.34. The van der Waals surface area contributed by atoms with Gasteiger partial charge in [-0.2, -0.15) is 0 Å². The number of carbonyl (C=O) groups excluding carboxylic acids is 1. The second-order valence-electron chi connectivity index (χ2n) is 7.44. The van der Waals surface area contributed by atoms with Gasteiger partial charge in [-0.25, -0.2) is 8.42 Å². The fourth-order valence-electron chi connectivity index (χ4n) is 4.07.